The molecule has 0 bridgehead atoms. The van der Waals surface area contributed by atoms with Crippen molar-refractivity contribution < 1.29 is 27.7 Å². The van der Waals surface area contributed by atoms with Crippen LogP contribution in [-0.4, -0.2) is 36.2 Å². The molecule has 9 heteroatoms. The second kappa shape index (κ2) is 8.40. The first-order valence-electron chi connectivity index (χ1n) is 9.90. The summed E-state index contributed by atoms with van der Waals surface area (Å²) in [6.45, 7) is 7.85. The maximum atomic E-state index is 13.9. The fourth-order valence-corrected chi connectivity index (χ4v) is 3.16. The van der Waals surface area contributed by atoms with Crippen molar-refractivity contribution in [2.24, 2.45) is 5.73 Å². The molecule has 2 aromatic rings. The Bertz CT molecular complexity index is 980. The fourth-order valence-electron chi connectivity index (χ4n) is 3.16. The molecule has 1 heterocycles. The molecule has 164 valence electrons. The number of hydrogen-bond donors (Lipinski definition) is 2. The molecule has 1 fully saturated rings. The van der Waals surface area contributed by atoms with Gasteiger partial charge in [0.25, 0.3) is 5.91 Å². The first-order chi connectivity index (χ1) is 14.4. The Hall–Kier alpha value is -2.78. The summed E-state index contributed by atoms with van der Waals surface area (Å²) < 4.78 is 39.3. The van der Waals surface area contributed by atoms with Crippen molar-refractivity contribution in [3.63, 3.8) is 0 Å². The number of halogens is 2. The quantitative estimate of drug-likeness (QED) is 0.687. The second-order valence-corrected chi connectivity index (χ2v) is 8.56. The molecular formula is C22H25BF2N2O4. The highest BCUT2D eigenvalue weighted by Crippen LogP contribution is 2.36. The maximum absolute atomic E-state index is 13.9. The normalized spacial score (nSPS) is 17.9. The monoisotopic (exact) mass is 430 g/mol. The fraction of sp³-hybridized carbons (Fsp3) is 0.364. The summed E-state index contributed by atoms with van der Waals surface area (Å²) in [5, 5.41) is 2.37. The standard InChI is InChI=1S/C22H25BF2N2O4/c1-21(2)22(3,4)31-23(30-21)14-10-8-13(9-11-14)12-17(19(26)28)27-20(29)15-6-5-7-16(24)18(15)25/h5-11,17H,12H2,1-4H3,(H2,26,28)(H,27,29)/t17-/m0/s1. The Morgan fingerprint density at radius 2 is 1.61 bits per heavy atom. The SMILES string of the molecule is CC1(C)OB(c2ccc(C[C@H](NC(=O)c3cccc(F)c3F)C(N)=O)cc2)OC1(C)C. The molecule has 2 amide bonds. The van der Waals surface area contributed by atoms with Gasteiger partial charge in [-0.1, -0.05) is 30.3 Å². The van der Waals surface area contributed by atoms with Gasteiger partial charge in [0.1, 0.15) is 6.04 Å². The number of nitrogens with one attached hydrogen (secondary N) is 1. The maximum Gasteiger partial charge on any atom is 0.494 e. The van der Waals surface area contributed by atoms with Crippen molar-refractivity contribution >= 4 is 24.4 Å². The van der Waals surface area contributed by atoms with Gasteiger partial charge in [-0.05, 0) is 50.9 Å². The van der Waals surface area contributed by atoms with Gasteiger partial charge in [0.15, 0.2) is 11.6 Å². The summed E-state index contributed by atoms with van der Waals surface area (Å²) in [5.74, 6) is -4.15. The molecular weight excluding hydrogens is 405 g/mol. The number of carbonyl (C=O) groups excluding carboxylic acids is 2. The van der Waals surface area contributed by atoms with Crippen molar-refractivity contribution in [2.75, 3.05) is 0 Å². The van der Waals surface area contributed by atoms with Gasteiger partial charge < -0.3 is 20.4 Å². The molecule has 6 nitrogen and oxygen atoms in total. The summed E-state index contributed by atoms with van der Waals surface area (Å²) in [6.07, 6.45) is 0.0850. The predicted molar refractivity (Wildman–Crippen MR) is 113 cm³/mol. The smallest absolute Gasteiger partial charge is 0.399 e. The molecule has 0 spiro atoms. The van der Waals surface area contributed by atoms with Crippen LogP contribution in [0.1, 0.15) is 43.6 Å². The number of nitrogens with two attached hydrogens (primary N) is 1. The van der Waals surface area contributed by atoms with Crippen LogP contribution < -0.4 is 16.5 Å². The number of amides is 2. The highest BCUT2D eigenvalue weighted by Gasteiger charge is 2.51. The van der Waals surface area contributed by atoms with Crippen molar-refractivity contribution in [2.45, 2.75) is 51.4 Å². The molecule has 3 N–H and O–H groups in total. The van der Waals surface area contributed by atoms with E-state index in [0.29, 0.717) is 5.56 Å². The summed E-state index contributed by atoms with van der Waals surface area (Å²) in [6, 6.07) is 9.30. The van der Waals surface area contributed by atoms with Crippen molar-refractivity contribution in [3.05, 3.63) is 65.2 Å². The van der Waals surface area contributed by atoms with Gasteiger partial charge in [-0.15, -0.1) is 0 Å². The molecule has 1 aliphatic heterocycles. The van der Waals surface area contributed by atoms with Crippen LogP contribution in [0.15, 0.2) is 42.5 Å². The van der Waals surface area contributed by atoms with E-state index in [4.69, 9.17) is 15.0 Å². The van der Waals surface area contributed by atoms with E-state index in [0.717, 1.165) is 17.6 Å². The Labute approximate surface area is 180 Å². The first-order valence-corrected chi connectivity index (χ1v) is 9.90. The third-order valence-electron chi connectivity index (χ3n) is 5.79. The van der Waals surface area contributed by atoms with E-state index in [-0.39, 0.29) is 6.42 Å². The van der Waals surface area contributed by atoms with Gasteiger partial charge in [-0.25, -0.2) is 8.78 Å². The zero-order valence-corrected chi connectivity index (χ0v) is 17.9. The van der Waals surface area contributed by atoms with Crippen LogP contribution >= 0.6 is 0 Å². The Kier molecular flexibility index (Phi) is 6.20. The molecule has 0 unspecified atom stereocenters. The third kappa shape index (κ3) is 4.78. The highest BCUT2D eigenvalue weighted by molar-refractivity contribution is 6.62. The molecule has 3 rings (SSSR count). The lowest BCUT2D eigenvalue weighted by molar-refractivity contribution is -0.119. The molecule has 0 aromatic heterocycles. The topological polar surface area (TPSA) is 90.6 Å². The zero-order valence-electron chi connectivity index (χ0n) is 17.9. The Morgan fingerprint density at radius 3 is 2.16 bits per heavy atom. The lowest BCUT2D eigenvalue weighted by Gasteiger charge is -2.32. The van der Waals surface area contributed by atoms with E-state index in [1.54, 1.807) is 12.1 Å². The van der Waals surface area contributed by atoms with Crippen LogP contribution in [0.2, 0.25) is 0 Å². The lowest BCUT2D eigenvalue weighted by Crippen LogP contribution is -2.46. The minimum absolute atomic E-state index is 0.0850. The number of benzene rings is 2. The van der Waals surface area contributed by atoms with Crippen molar-refractivity contribution in [3.8, 4) is 0 Å². The van der Waals surface area contributed by atoms with E-state index in [9.17, 15) is 18.4 Å². The van der Waals surface area contributed by atoms with Gasteiger partial charge in [0.05, 0.1) is 16.8 Å². The van der Waals surface area contributed by atoms with E-state index in [1.165, 1.54) is 6.07 Å². The summed E-state index contributed by atoms with van der Waals surface area (Å²) >= 11 is 0. The predicted octanol–water partition coefficient (Wildman–Crippen LogP) is 2.09. The largest absolute Gasteiger partial charge is 0.494 e. The van der Waals surface area contributed by atoms with Crippen molar-refractivity contribution in [1.82, 2.24) is 5.32 Å². The summed E-state index contributed by atoms with van der Waals surface area (Å²) in [4.78, 5) is 24.2. The van der Waals surface area contributed by atoms with Crippen molar-refractivity contribution in [1.29, 1.82) is 0 Å². The van der Waals surface area contributed by atoms with E-state index in [1.807, 2.05) is 39.8 Å². The van der Waals surface area contributed by atoms with Gasteiger partial charge in [-0.2, -0.15) is 0 Å². The van der Waals surface area contributed by atoms with E-state index >= 15 is 0 Å². The van der Waals surface area contributed by atoms with Crippen LogP contribution in [-0.2, 0) is 20.5 Å². The zero-order chi connectivity index (χ0) is 23.0. The minimum Gasteiger partial charge on any atom is -0.399 e. The molecule has 31 heavy (non-hydrogen) atoms. The molecule has 1 saturated heterocycles. The first kappa shape index (κ1) is 22.9. The van der Waals surface area contributed by atoms with Crippen LogP contribution in [0.25, 0.3) is 0 Å². The molecule has 0 saturated carbocycles. The van der Waals surface area contributed by atoms with E-state index in [2.05, 4.69) is 5.32 Å². The number of carbonyl (C=O) groups is 2. The van der Waals surface area contributed by atoms with Crippen LogP contribution in [0, 0.1) is 11.6 Å². The van der Waals surface area contributed by atoms with Gasteiger partial charge in [0, 0.05) is 6.42 Å². The average Bonchev–Trinajstić information content (AvgIpc) is 2.91. The Morgan fingerprint density at radius 1 is 1.03 bits per heavy atom. The van der Waals surface area contributed by atoms with Gasteiger partial charge in [0.2, 0.25) is 5.91 Å². The van der Waals surface area contributed by atoms with Gasteiger partial charge in [-0.3, -0.25) is 9.59 Å². The minimum atomic E-state index is -1.28. The molecule has 2 aromatic carbocycles. The van der Waals surface area contributed by atoms with E-state index < -0.39 is 53.4 Å². The number of rotatable bonds is 6. The Balaban J connectivity index is 1.70. The van der Waals surface area contributed by atoms with Crippen LogP contribution in [0.5, 0.6) is 0 Å². The molecule has 1 atom stereocenters. The molecule has 0 radical (unpaired) electrons. The second-order valence-electron chi connectivity index (χ2n) is 8.56. The number of primary amides is 1. The third-order valence-corrected chi connectivity index (χ3v) is 5.79. The highest BCUT2D eigenvalue weighted by atomic mass is 19.2. The summed E-state index contributed by atoms with van der Waals surface area (Å²) in [5.41, 5.74) is 5.49. The number of hydrogen-bond acceptors (Lipinski definition) is 4. The lowest BCUT2D eigenvalue weighted by atomic mass is 9.78. The molecule has 1 aliphatic rings. The molecule has 0 aliphatic carbocycles. The van der Waals surface area contributed by atoms with Crippen LogP contribution in [0.4, 0.5) is 8.78 Å². The average molecular weight is 430 g/mol. The van der Waals surface area contributed by atoms with Gasteiger partial charge >= 0.3 is 7.12 Å². The van der Waals surface area contributed by atoms with Crippen LogP contribution in [0.3, 0.4) is 0 Å². The summed E-state index contributed by atoms with van der Waals surface area (Å²) in [7, 11) is -0.526.